The number of aromatic nitrogens is 5. The summed E-state index contributed by atoms with van der Waals surface area (Å²) < 4.78 is 82.2. The van der Waals surface area contributed by atoms with Gasteiger partial charge in [-0.1, -0.05) is 18.3 Å². The molecule has 4 rings (SSSR count). The molecule has 0 spiro atoms. The molecule has 0 aliphatic carbocycles. The van der Waals surface area contributed by atoms with Crippen LogP contribution in [0.5, 0.6) is 0 Å². The molecule has 9 nitrogen and oxygen atoms in total. The molecule has 2 aromatic heterocycles. The maximum absolute atomic E-state index is 16.8. The zero-order valence-corrected chi connectivity index (χ0v) is 23.8. The molecule has 1 unspecified atom stereocenters. The molecule has 0 aliphatic heterocycles. The number of nitrogens with zero attached hydrogens (tertiary/aromatic N) is 5. The predicted molar refractivity (Wildman–Crippen MR) is 151 cm³/mol. The van der Waals surface area contributed by atoms with Crippen LogP contribution in [0.3, 0.4) is 0 Å². The maximum atomic E-state index is 16.8. The maximum Gasteiger partial charge on any atom is 0.334 e. The molecule has 0 radical (unpaired) electrons. The first-order valence-corrected chi connectivity index (χ1v) is 13.0. The van der Waals surface area contributed by atoms with E-state index >= 15 is 13.2 Å². The Balaban J connectivity index is 0.00000529. The van der Waals surface area contributed by atoms with Gasteiger partial charge in [-0.3, -0.25) is 9.78 Å². The van der Waals surface area contributed by atoms with Gasteiger partial charge in [-0.25, -0.2) is 17.9 Å². The Kier molecular flexibility index (Phi) is 11.5. The van der Waals surface area contributed by atoms with E-state index < -0.39 is 58.8 Å². The summed E-state index contributed by atoms with van der Waals surface area (Å²) in [5, 5.41) is 10.4. The topological polar surface area (TPSA) is 135 Å². The molecule has 232 valence electrons. The third-order valence-corrected chi connectivity index (χ3v) is 6.48. The molecule has 0 bridgehead atoms. The summed E-state index contributed by atoms with van der Waals surface area (Å²) in [7, 11) is 0. The zero-order valence-electron chi connectivity index (χ0n) is 23.0. The highest BCUT2D eigenvalue weighted by Gasteiger charge is 2.62. The van der Waals surface area contributed by atoms with Crippen LogP contribution in [0.1, 0.15) is 41.6 Å². The second kappa shape index (κ2) is 14.8. The van der Waals surface area contributed by atoms with Crippen LogP contribution in [0.25, 0.3) is 0 Å². The molecule has 2 aromatic carbocycles. The molecule has 15 heteroatoms. The highest BCUT2D eigenvalue weighted by molar-refractivity contribution is 5.85. The number of halogens is 6. The number of hydrogen-bond donors (Lipinski definition) is 2. The summed E-state index contributed by atoms with van der Waals surface area (Å²) >= 11 is 0. The SMILES string of the molecule is Cl.NCCCCC(N)C(=O)O[C@](Cn1cnnn1)(c1ccc(F)cc1F)C(F)(F)c1ccc(C#Cc2ccc(F)cc2)cn1. The number of carbonyl (C=O) groups excluding carboxylic acids is 1. The number of tetrazole rings is 1. The minimum Gasteiger partial charge on any atom is -0.444 e. The molecule has 4 aromatic rings. The fraction of sp³-hybridized carbons (Fsp3) is 0.276. The van der Waals surface area contributed by atoms with Crippen LogP contribution in [0.15, 0.2) is 67.1 Å². The minimum absolute atomic E-state index is 0. The Morgan fingerprint density at radius 1 is 0.977 bits per heavy atom. The number of nitrogens with two attached hydrogens (primary N) is 2. The second-order valence-corrected chi connectivity index (χ2v) is 9.53. The smallest absolute Gasteiger partial charge is 0.334 e. The number of esters is 1. The Bertz CT molecular complexity index is 1600. The van der Waals surface area contributed by atoms with Crippen molar-refractivity contribution in [1.82, 2.24) is 25.2 Å². The first-order chi connectivity index (χ1) is 20.6. The van der Waals surface area contributed by atoms with Gasteiger partial charge in [0.1, 0.15) is 35.5 Å². The molecule has 4 N–H and O–H groups in total. The Hall–Kier alpha value is -4.45. The van der Waals surface area contributed by atoms with E-state index in [4.69, 9.17) is 16.2 Å². The summed E-state index contributed by atoms with van der Waals surface area (Å²) in [6.07, 6.45) is 2.97. The third-order valence-electron chi connectivity index (χ3n) is 6.48. The zero-order chi connectivity index (χ0) is 31.0. The average Bonchev–Trinajstić information content (AvgIpc) is 3.49. The van der Waals surface area contributed by atoms with E-state index in [2.05, 4.69) is 32.4 Å². The Labute approximate surface area is 255 Å². The Morgan fingerprint density at radius 2 is 1.66 bits per heavy atom. The summed E-state index contributed by atoms with van der Waals surface area (Å²) in [6.45, 7) is -0.676. The van der Waals surface area contributed by atoms with Gasteiger partial charge in [0.05, 0.1) is 6.54 Å². The van der Waals surface area contributed by atoms with Crippen molar-refractivity contribution in [3.05, 3.63) is 107 Å². The summed E-state index contributed by atoms with van der Waals surface area (Å²) in [5.41, 5.74) is 7.16. The number of alkyl halides is 2. The van der Waals surface area contributed by atoms with Gasteiger partial charge in [-0.2, -0.15) is 8.78 Å². The second-order valence-electron chi connectivity index (χ2n) is 9.53. The van der Waals surface area contributed by atoms with Gasteiger partial charge in [-0.15, -0.1) is 17.5 Å². The molecule has 0 saturated heterocycles. The highest BCUT2D eigenvalue weighted by Crippen LogP contribution is 2.49. The van der Waals surface area contributed by atoms with E-state index in [0.29, 0.717) is 31.0 Å². The van der Waals surface area contributed by atoms with Gasteiger partial charge in [0, 0.05) is 29.0 Å². The lowest BCUT2D eigenvalue weighted by Crippen LogP contribution is -2.53. The fourth-order valence-electron chi connectivity index (χ4n) is 4.21. The van der Waals surface area contributed by atoms with Gasteiger partial charge < -0.3 is 16.2 Å². The van der Waals surface area contributed by atoms with Gasteiger partial charge in [0.25, 0.3) is 0 Å². The van der Waals surface area contributed by atoms with Gasteiger partial charge >= 0.3 is 11.9 Å². The Morgan fingerprint density at radius 3 is 2.27 bits per heavy atom. The van der Waals surface area contributed by atoms with E-state index in [-0.39, 0.29) is 24.4 Å². The van der Waals surface area contributed by atoms with Crippen molar-refractivity contribution >= 4 is 18.4 Å². The average molecular weight is 636 g/mol. The molecular weight excluding hydrogens is 609 g/mol. The van der Waals surface area contributed by atoms with Crippen molar-refractivity contribution in [2.24, 2.45) is 11.5 Å². The quantitative estimate of drug-likeness (QED) is 0.109. The molecule has 2 heterocycles. The van der Waals surface area contributed by atoms with Crippen molar-refractivity contribution in [2.45, 2.75) is 43.4 Å². The molecule has 44 heavy (non-hydrogen) atoms. The van der Waals surface area contributed by atoms with Crippen molar-refractivity contribution in [3.63, 3.8) is 0 Å². The monoisotopic (exact) mass is 635 g/mol. The molecule has 0 aliphatic rings. The van der Waals surface area contributed by atoms with Crippen molar-refractivity contribution in [2.75, 3.05) is 6.54 Å². The van der Waals surface area contributed by atoms with Crippen molar-refractivity contribution < 1.29 is 31.5 Å². The summed E-state index contributed by atoms with van der Waals surface area (Å²) in [4.78, 5) is 17.0. The van der Waals surface area contributed by atoms with Crippen LogP contribution in [-0.2, 0) is 27.6 Å². The number of unbranched alkanes of at least 4 members (excludes halogenated alkanes) is 1. The highest BCUT2D eigenvalue weighted by atomic mass is 35.5. The third kappa shape index (κ3) is 7.73. The van der Waals surface area contributed by atoms with E-state index in [1.165, 1.54) is 30.3 Å². The summed E-state index contributed by atoms with van der Waals surface area (Å²) in [6, 6.07) is 8.00. The lowest BCUT2D eigenvalue weighted by atomic mass is 9.83. The van der Waals surface area contributed by atoms with Gasteiger partial charge in [-0.05, 0) is 78.3 Å². The molecule has 0 fully saturated rings. The van der Waals surface area contributed by atoms with Crippen LogP contribution in [0, 0.1) is 29.3 Å². The molecular formula is C29H27ClF5N7O2. The van der Waals surface area contributed by atoms with Crippen LogP contribution < -0.4 is 11.5 Å². The molecule has 0 saturated carbocycles. The largest absolute Gasteiger partial charge is 0.444 e. The van der Waals surface area contributed by atoms with E-state index in [0.717, 1.165) is 35.4 Å². The van der Waals surface area contributed by atoms with E-state index in [1.807, 2.05) is 0 Å². The molecule has 0 amide bonds. The van der Waals surface area contributed by atoms with Crippen LogP contribution in [0.2, 0.25) is 0 Å². The van der Waals surface area contributed by atoms with Crippen molar-refractivity contribution in [1.29, 1.82) is 0 Å². The van der Waals surface area contributed by atoms with E-state index in [1.54, 1.807) is 0 Å². The first-order valence-electron chi connectivity index (χ1n) is 13.0. The number of hydrogen-bond acceptors (Lipinski definition) is 8. The number of carbonyl (C=O) groups is 1. The van der Waals surface area contributed by atoms with Crippen LogP contribution in [0.4, 0.5) is 22.0 Å². The van der Waals surface area contributed by atoms with Crippen molar-refractivity contribution in [3.8, 4) is 11.8 Å². The van der Waals surface area contributed by atoms with Gasteiger partial charge in [0.2, 0.25) is 5.60 Å². The lowest BCUT2D eigenvalue weighted by Gasteiger charge is -2.40. The minimum atomic E-state index is -4.27. The number of ether oxygens (including phenoxy) is 1. The normalized spacial score (nSPS) is 13.2. The fourth-order valence-corrected chi connectivity index (χ4v) is 4.21. The van der Waals surface area contributed by atoms with Crippen LogP contribution in [-0.4, -0.2) is 43.7 Å². The number of rotatable bonds is 11. The molecule has 2 atom stereocenters. The summed E-state index contributed by atoms with van der Waals surface area (Å²) in [5.74, 6) is -2.96. The predicted octanol–water partition coefficient (Wildman–Crippen LogP) is 3.99. The number of benzene rings is 2. The van der Waals surface area contributed by atoms with E-state index in [9.17, 15) is 13.6 Å². The number of pyridine rings is 1. The van der Waals surface area contributed by atoms with Crippen LogP contribution >= 0.6 is 12.4 Å². The standard InChI is InChI=1S/C29H26F5N7O2.ClH/c30-21-9-6-19(7-10-21)4-5-20-8-13-26(37-16-20)29(33,34)28(17-41-18-38-39-40-41,23-12-11-22(31)15-24(23)32)43-27(42)25(36)3-1-2-14-35;/h6-13,15-16,18,25H,1-3,14,17,35-36H2;1H/t25?,28-;/m1./s1. The van der Waals surface area contributed by atoms with Gasteiger partial charge in [0.15, 0.2) is 0 Å². The lowest BCUT2D eigenvalue weighted by molar-refractivity contribution is -0.233. The first kappa shape index (κ1) is 34.0.